The number of benzene rings is 4. The minimum absolute atomic E-state index is 0. The number of carbonyl (C=O) groups excluding carboxylic acids is 2. The van der Waals surface area contributed by atoms with Crippen molar-refractivity contribution < 1.29 is 24.4 Å². The third kappa shape index (κ3) is 12.9. The van der Waals surface area contributed by atoms with Crippen LogP contribution in [0.2, 0.25) is 0 Å². The lowest BCUT2D eigenvalue weighted by Gasteiger charge is -2.28. The maximum absolute atomic E-state index is 12.6. The summed E-state index contributed by atoms with van der Waals surface area (Å²) in [6.07, 6.45) is 6.98. The van der Waals surface area contributed by atoms with Gasteiger partial charge in [-0.3, -0.25) is 19.7 Å². The summed E-state index contributed by atoms with van der Waals surface area (Å²) in [7, 11) is -1.87. The van der Waals surface area contributed by atoms with Gasteiger partial charge in [0.15, 0.2) is 4.84 Å². The van der Waals surface area contributed by atoms with E-state index in [1.165, 1.54) is 56.9 Å². The summed E-state index contributed by atoms with van der Waals surface area (Å²) in [6.45, 7) is 6.10. The van der Waals surface area contributed by atoms with Crippen molar-refractivity contribution in [3.05, 3.63) is 129 Å². The molecule has 0 heterocycles. The molecule has 0 aliphatic carbocycles. The molecule has 1 amide bonds. The largest absolute Gasteiger partial charge is 0.463 e. The van der Waals surface area contributed by atoms with Crippen molar-refractivity contribution in [3.63, 3.8) is 0 Å². The number of amides is 1. The summed E-state index contributed by atoms with van der Waals surface area (Å²) >= 11 is 11.4. The average Bonchev–Trinajstić information content (AvgIpc) is 3.15. The van der Waals surface area contributed by atoms with E-state index in [2.05, 4.69) is 98.9 Å². The monoisotopic (exact) mass is 859 g/mol. The van der Waals surface area contributed by atoms with Gasteiger partial charge in [-0.1, -0.05) is 102 Å². The number of halogens is 3. The van der Waals surface area contributed by atoms with Crippen LogP contribution in [0.5, 0.6) is 0 Å². The number of nitro groups is 1. The van der Waals surface area contributed by atoms with Crippen molar-refractivity contribution >= 4 is 80.9 Å². The Morgan fingerprint density at radius 3 is 1.57 bits per heavy atom. The molecule has 0 bridgehead atoms. The first-order valence-corrected chi connectivity index (χ1v) is 21.0. The van der Waals surface area contributed by atoms with Crippen molar-refractivity contribution in [1.29, 1.82) is 0 Å². The van der Waals surface area contributed by atoms with E-state index in [-0.39, 0.29) is 35.7 Å². The number of ether oxygens (including phenoxy) is 1. The van der Waals surface area contributed by atoms with E-state index in [9.17, 15) is 24.8 Å². The number of esters is 1. The van der Waals surface area contributed by atoms with E-state index in [4.69, 9.17) is 27.9 Å². The molecule has 8 nitrogen and oxygen atoms in total. The third-order valence-corrected chi connectivity index (χ3v) is 14.5. The lowest BCUT2D eigenvalue weighted by atomic mass is 10.0. The van der Waals surface area contributed by atoms with Crippen LogP contribution in [0, 0.1) is 30.9 Å². The Kier molecular flexibility index (Phi) is 18.6. The molecule has 0 saturated heterocycles. The minimum Gasteiger partial charge on any atom is -0.463 e. The number of alkyl halides is 2. The van der Waals surface area contributed by atoms with Gasteiger partial charge in [-0.05, 0) is 94.1 Å². The van der Waals surface area contributed by atoms with Gasteiger partial charge in [0, 0.05) is 18.6 Å². The van der Waals surface area contributed by atoms with Crippen molar-refractivity contribution in [1.82, 2.24) is 5.32 Å². The second-order valence-electron chi connectivity index (χ2n) is 13.7. The highest BCUT2D eigenvalue weighted by Crippen LogP contribution is 2.56. The Morgan fingerprint density at radius 1 is 0.722 bits per heavy atom. The SMILES string of the molecule is Br.Cc1ccc([P+](CCCCCCCCCC(=O)OC[C@H](NC(=O)C(Cl)Cl)[C@H](O)c2ccc([N+](=O)[O-])cc2)(c2ccc(C)cc2)c2ccc(C)cc2)cc1. The average molecular weight is 862 g/mol. The van der Waals surface area contributed by atoms with Gasteiger partial charge in [0.25, 0.3) is 11.6 Å². The standard InChI is InChI=1S/C42H49Cl2N2O6P.BrH/c1-30-12-22-35(23-13-30)53(36-24-14-31(2)15-25-36,37-26-16-32(3)17-27-37)28-10-8-6-4-5-7-9-11-39(47)52-29-38(45-42(49)41(43)44)40(48)33-18-20-34(21-19-33)46(50)51;/h12-27,38,40-41,48H,4-11,28-29H2,1-3H3;1H/p+1/t38-,40+;/m0./s1. The molecule has 2 atom stereocenters. The molecule has 2 N–H and O–H groups in total. The number of aliphatic hydroxyl groups is 1. The second-order valence-corrected chi connectivity index (χ2v) is 18.4. The summed E-state index contributed by atoms with van der Waals surface area (Å²) in [5.41, 5.74) is 3.93. The normalized spacial score (nSPS) is 12.4. The third-order valence-electron chi connectivity index (χ3n) is 9.57. The molecular weight excluding hydrogens is 810 g/mol. The highest BCUT2D eigenvalue weighted by Gasteiger charge is 2.44. The van der Waals surface area contributed by atoms with Crippen molar-refractivity contribution in [2.75, 3.05) is 12.8 Å². The fourth-order valence-electron chi connectivity index (χ4n) is 6.47. The van der Waals surface area contributed by atoms with Gasteiger partial charge in [-0.2, -0.15) is 0 Å². The number of rotatable bonds is 20. The molecule has 0 spiro atoms. The van der Waals surface area contributed by atoms with Gasteiger partial charge < -0.3 is 15.2 Å². The van der Waals surface area contributed by atoms with E-state index in [0.717, 1.165) is 44.7 Å². The molecule has 4 aromatic carbocycles. The number of hydrogen-bond donors (Lipinski definition) is 2. The van der Waals surface area contributed by atoms with Gasteiger partial charge in [0.1, 0.15) is 35.9 Å². The molecule has 0 saturated carbocycles. The molecule has 0 aliphatic rings. The number of nitro benzene ring substituents is 1. The molecule has 4 aromatic rings. The van der Waals surface area contributed by atoms with Crippen LogP contribution in [0.15, 0.2) is 97.1 Å². The zero-order valence-corrected chi connectivity index (χ0v) is 35.2. The first kappa shape index (κ1) is 45.1. The number of nitrogens with one attached hydrogen (secondary N) is 1. The van der Waals surface area contributed by atoms with Gasteiger partial charge in [0.2, 0.25) is 0 Å². The van der Waals surface area contributed by atoms with E-state index in [1.54, 1.807) is 0 Å². The maximum atomic E-state index is 12.6. The number of unbranched alkanes of at least 4 members (excludes halogenated alkanes) is 6. The number of non-ortho nitro benzene ring substituents is 1. The Morgan fingerprint density at radius 2 is 1.15 bits per heavy atom. The van der Waals surface area contributed by atoms with Crippen LogP contribution in [0.3, 0.4) is 0 Å². The summed E-state index contributed by atoms with van der Waals surface area (Å²) < 4.78 is 5.40. The van der Waals surface area contributed by atoms with E-state index in [0.29, 0.717) is 12.0 Å². The maximum Gasteiger partial charge on any atom is 0.305 e. The molecule has 0 radical (unpaired) electrons. The van der Waals surface area contributed by atoms with Gasteiger partial charge >= 0.3 is 5.97 Å². The van der Waals surface area contributed by atoms with Crippen LogP contribution in [0.1, 0.15) is 79.7 Å². The molecule has 54 heavy (non-hydrogen) atoms. The van der Waals surface area contributed by atoms with E-state index < -0.39 is 41.0 Å². The zero-order chi connectivity index (χ0) is 38.4. The molecule has 0 aromatic heterocycles. The zero-order valence-electron chi connectivity index (χ0n) is 31.1. The molecule has 290 valence electrons. The predicted molar refractivity (Wildman–Crippen MR) is 228 cm³/mol. The molecular formula is C42H51BrCl2N2O6P+. The van der Waals surface area contributed by atoms with Crippen LogP contribution >= 0.6 is 47.4 Å². The van der Waals surface area contributed by atoms with Crippen LogP contribution in [-0.4, -0.2) is 45.6 Å². The molecule has 0 unspecified atom stereocenters. The van der Waals surface area contributed by atoms with Crippen LogP contribution < -0.4 is 21.2 Å². The van der Waals surface area contributed by atoms with Crippen molar-refractivity contribution in [3.8, 4) is 0 Å². The van der Waals surface area contributed by atoms with Crippen molar-refractivity contribution in [2.24, 2.45) is 0 Å². The topological polar surface area (TPSA) is 119 Å². The van der Waals surface area contributed by atoms with Crippen molar-refractivity contribution in [2.45, 2.75) is 89.1 Å². The summed E-state index contributed by atoms with van der Waals surface area (Å²) in [5.74, 6) is -1.21. The fraction of sp³-hybridized carbons (Fsp3) is 0.381. The predicted octanol–water partition coefficient (Wildman–Crippen LogP) is 9.08. The Labute approximate surface area is 340 Å². The summed E-state index contributed by atoms with van der Waals surface area (Å²) in [4.78, 5) is 33.8. The number of aliphatic hydroxyl groups excluding tert-OH is 1. The lowest BCUT2D eigenvalue weighted by molar-refractivity contribution is -0.384. The number of aryl methyl sites for hydroxylation is 3. The number of hydrogen-bond acceptors (Lipinski definition) is 6. The smallest absolute Gasteiger partial charge is 0.305 e. The highest BCUT2D eigenvalue weighted by atomic mass is 79.9. The van der Waals surface area contributed by atoms with Gasteiger partial charge in [-0.25, -0.2) is 0 Å². The van der Waals surface area contributed by atoms with E-state index >= 15 is 0 Å². The van der Waals surface area contributed by atoms with Gasteiger partial charge in [-0.15, -0.1) is 17.0 Å². The fourth-order valence-corrected chi connectivity index (χ4v) is 10.9. The molecule has 4 rings (SSSR count). The van der Waals surface area contributed by atoms with Crippen LogP contribution in [-0.2, 0) is 14.3 Å². The molecule has 12 heteroatoms. The van der Waals surface area contributed by atoms with Crippen LogP contribution in [0.25, 0.3) is 0 Å². The molecule has 0 fully saturated rings. The quantitative estimate of drug-likeness (QED) is 0.0229. The first-order valence-electron chi connectivity index (χ1n) is 18.2. The first-order chi connectivity index (χ1) is 25.4. The lowest BCUT2D eigenvalue weighted by Crippen LogP contribution is -2.45. The Balaban J connectivity index is 0.00000784. The molecule has 0 aliphatic heterocycles. The summed E-state index contributed by atoms with van der Waals surface area (Å²) in [6, 6.07) is 31.6. The minimum atomic E-state index is -1.87. The Bertz CT molecular complexity index is 1660. The summed E-state index contributed by atoms with van der Waals surface area (Å²) in [5, 5.41) is 28.6. The Hall–Kier alpha value is -3.33. The van der Waals surface area contributed by atoms with E-state index in [1.807, 2.05) is 0 Å². The number of nitrogens with zero attached hydrogens (tertiary/aromatic N) is 1. The number of carbonyl (C=O) groups is 2. The van der Waals surface area contributed by atoms with Crippen LogP contribution in [0.4, 0.5) is 5.69 Å². The second kappa shape index (κ2) is 22.3. The van der Waals surface area contributed by atoms with Gasteiger partial charge in [0.05, 0.1) is 17.1 Å². The highest BCUT2D eigenvalue weighted by molar-refractivity contribution is 8.93.